The number of para-hydroxylation sites is 3. The van der Waals surface area contributed by atoms with Crippen LogP contribution in [0.5, 0.6) is 0 Å². The monoisotopic (exact) mass is 895 g/mol. The summed E-state index contributed by atoms with van der Waals surface area (Å²) in [6, 6.07) is 33.0. The van der Waals surface area contributed by atoms with E-state index >= 15 is 0 Å². The van der Waals surface area contributed by atoms with Gasteiger partial charge < -0.3 is 19.6 Å². The second-order valence-electron chi connectivity index (χ2n) is 18.6. The second-order valence-corrected chi connectivity index (χ2v) is 18.6. The number of benzene rings is 3. The van der Waals surface area contributed by atoms with Gasteiger partial charge in [0.1, 0.15) is 0 Å². The Kier molecular flexibility index (Phi) is 16.1. The first-order valence-corrected chi connectivity index (χ1v) is 24.8. The predicted molar refractivity (Wildman–Crippen MR) is 292 cm³/mol. The van der Waals surface area contributed by atoms with Crippen LogP contribution < -0.4 is 14.7 Å². The molecule has 0 amide bonds. The molecule has 8 rings (SSSR count). The molecule has 5 unspecified atom stereocenters. The molecule has 5 aliphatic carbocycles. The zero-order valence-corrected chi connectivity index (χ0v) is 40.7. The normalized spacial score (nSPS) is 22.0. The zero-order valence-electron chi connectivity index (χ0n) is 40.7. The van der Waals surface area contributed by atoms with Crippen molar-refractivity contribution in [2.45, 2.75) is 84.7 Å². The topological polar surface area (TPSA) is 13.0 Å². The summed E-state index contributed by atoms with van der Waals surface area (Å²) < 4.78 is 0. The summed E-state index contributed by atoms with van der Waals surface area (Å²) >= 11 is 0. The maximum absolute atomic E-state index is 4.32. The van der Waals surface area contributed by atoms with Gasteiger partial charge in [0.25, 0.3) is 0 Å². The number of hydrogen-bond acceptors (Lipinski definition) is 4. The van der Waals surface area contributed by atoms with Gasteiger partial charge in [-0.15, -0.1) is 6.58 Å². The Morgan fingerprint density at radius 1 is 0.632 bits per heavy atom. The lowest BCUT2D eigenvalue weighted by Gasteiger charge is -2.41. The van der Waals surface area contributed by atoms with E-state index in [2.05, 4.69) is 267 Å². The van der Waals surface area contributed by atoms with Crippen LogP contribution in [0.3, 0.4) is 0 Å². The number of allylic oxidation sites excluding steroid dienone is 21. The van der Waals surface area contributed by atoms with E-state index in [0.29, 0.717) is 17.9 Å². The van der Waals surface area contributed by atoms with Gasteiger partial charge in [0.05, 0.1) is 12.1 Å². The third-order valence-electron chi connectivity index (χ3n) is 13.8. The lowest BCUT2D eigenvalue weighted by Crippen LogP contribution is -2.37. The molecule has 3 aromatic carbocycles. The van der Waals surface area contributed by atoms with E-state index in [1.54, 1.807) is 0 Å². The molecule has 0 aromatic heterocycles. The Morgan fingerprint density at radius 2 is 1.16 bits per heavy atom. The SMILES string of the molecule is C=C/C(=C\C=C\N(C1=C(C)C=C(N(c2ccccc2)C2C=CC=CC2)C(C)C1)c1ccccc1)C(C=C)C/C=C/N(C1=C(C)C=C(N(C2=CCCC=C2)C2C=CC=CC2)C(C)C1)c1ccccc1. The highest BCUT2D eigenvalue weighted by Gasteiger charge is 2.32. The summed E-state index contributed by atoms with van der Waals surface area (Å²) in [4.78, 5) is 9.93. The second kappa shape index (κ2) is 23.1. The van der Waals surface area contributed by atoms with Crippen molar-refractivity contribution < 1.29 is 0 Å². The van der Waals surface area contributed by atoms with Crippen molar-refractivity contribution in [2.24, 2.45) is 17.8 Å². The highest BCUT2D eigenvalue weighted by molar-refractivity contribution is 5.62. The van der Waals surface area contributed by atoms with E-state index in [1.807, 2.05) is 6.08 Å². The summed E-state index contributed by atoms with van der Waals surface area (Å²) in [5, 5.41) is 0. The molecule has 0 saturated heterocycles. The fourth-order valence-electron chi connectivity index (χ4n) is 10.3. The largest absolute Gasteiger partial charge is 0.338 e. The van der Waals surface area contributed by atoms with Crippen LogP contribution in [0.15, 0.2) is 271 Å². The average Bonchev–Trinajstić information content (AvgIpc) is 3.38. The maximum Gasteiger partial charge on any atom is 0.0556 e. The molecule has 3 aromatic rings. The molecule has 68 heavy (non-hydrogen) atoms. The van der Waals surface area contributed by atoms with Crippen LogP contribution in [0.1, 0.15) is 72.6 Å². The van der Waals surface area contributed by atoms with Gasteiger partial charge in [-0.1, -0.05) is 160 Å². The molecule has 4 heteroatoms. The van der Waals surface area contributed by atoms with Gasteiger partial charge >= 0.3 is 0 Å². The molecular formula is C64H70N4. The smallest absolute Gasteiger partial charge is 0.0556 e. The van der Waals surface area contributed by atoms with E-state index in [1.165, 1.54) is 45.3 Å². The van der Waals surface area contributed by atoms with Crippen LogP contribution in [0.25, 0.3) is 0 Å². The number of hydrogen-bond donors (Lipinski definition) is 0. The van der Waals surface area contributed by atoms with E-state index < -0.39 is 0 Å². The molecule has 0 radical (unpaired) electrons. The van der Waals surface area contributed by atoms with Crippen LogP contribution in [0, 0.1) is 17.8 Å². The number of nitrogens with zero attached hydrogens (tertiary/aromatic N) is 4. The molecule has 0 heterocycles. The molecule has 346 valence electrons. The van der Waals surface area contributed by atoms with E-state index in [4.69, 9.17) is 0 Å². The molecule has 0 N–H and O–H groups in total. The molecule has 0 saturated carbocycles. The Hall–Kier alpha value is -7.04. The van der Waals surface area contributed by atoms with E-state index in [9.17, 15) is 0 Å². The highest BCUT2D eigenvalue weighted by atomic mass is 15.2. The van der Waals surface area contributed by atoms with Crippen molar-refractivity contribution in [3.8, 4) is 0 Å². The van der Waals surface area contributed by atoms with Crippen molar-refractivity contribution in [1.29, 1.82) is 0 Å². The minimum Gasteiger partial charge on any atom is -0.338 e. The molecule has 0 spiro atoms. The predicted octanol–water partition coefficient (Wildman–Crippen LogP) is 16.5. The lowest BCUT2D eigenvalue weighted by molar-refractivity contribution is 0.324. The Labute approximate surface area is 408 Å². The molecule has 5 aliphatic rings. The van der Waals surface area contributed by atoms with Gasteiger partial charge in [0.15, 0.2) is 0 Å². The fraction of sp³-hybridized carbons (Fsp3) is 0.250. The Balaban J connectivity index is 1.05. The highest BCUT2D eigenvalue weighted by Crippen LogP contribution is 2.41. The summed E-state index contributed by atoms with van der Waals surface area (Å²) in [5.74, 6) is 0.717. The van der Waals surface area contributed by atoms with Crippen LogP contribution in [-0.4, -0.2) is 17.0 Å². The minimum absolute atomic E-state index is 0.0832. The van der Waals surface area contributed by atoms with Crippen LogP contribution in [0.2, 0.25) is 0 Å². The molecule has 5 atom stereocenters. The van der Waals surface area contributed by atoms with Gasteiger partial charge in [0.2, 0.25) is 0 Å². The summed E-state index contributed by atoms with van der Waals surface area (Å²) in [6.45, 7) is 17.9. The van der Waals surface area contributed by atoms with E-state index in [-0.39, 0.29) is 12.0 Å². The third kappa shape index (κ3) is 11.2. The van der Waals surface area contributed by atoms with Crippen molar-refractivity contribution in [3.63, 3.8) is 0 Å². The molecule has 0 aliphatic heterocycles. The van der Waals surface area contributed by atoms with Crippen LogP contribution in [-0.2, 0) is 0 Å². The van der Waals surface area contributed by atoms with Crippen LogP contribution >= 0.6 is 0 Å². The molecular weight excluding hydrogens is 825 g/mol. The summed E-state index contributed by atoms with van der Waals surface area (Å²) in [5.41, 5.74) is 13.9. The van der Waals surface area contributed by atoms with Crippen molar-refractivity contribution in [1.82, 2.24) is 4.90 Å². The Morgan fingerprint density at radius 3 is 1.66 bits per heavy atom. The average molecular weight is 895 g/mol. The first-order chi connectivity index (χ1) is 33.3. The van der Waals surface area contributed by atoms with Crippen molar-refractivity contribution in [2.75, 3.05) is 14.7 Å². The summed E-state index contributed by atoms with van der Waals surface area (Å²) in [7, 11) is 0. The first-order valence-electron chi connectivity index (χ1n) is 24.8. The molecule has 4 nitrogen and oxygen atoms in total. The van der Waals surface area contributed by atoms with E-state index in [0.717, 1.165) is 61.9 Å². The number of rotatable bonds is 18. The maximum atomic E-state index is 4.32. The Bertz CT molecular complexity index is 2660. The summed E-state index contributed by atoms with van der Waals surface area (Å²) in [6.07, 6.45) is 52.0. The van der Waals surface area contributed by atoms with Gasteiger partial charge in [0, 0.05) is 75.7 Å². The molecule has 0 bridgehead atoms. The van der Waals surface area contributed by atoms with Gasteiger partial charge in [-0.05, 0) is 136 Å². The quantitative estimate of drug-likeness (QED) is 0.0932. The number of anilines is 3. The van der Waals surface area contributed by atoms with Gasteiger partial charge in [-0.25, -0.2) is 0 Å². The van der Waals surface area contributed by atoms with Gasteiger partial charge in [-0.2, -0.15) is 0 Å². The standard InChI is InChI=1S/C64H70N4/c1-7-53(29-27-43-65(55-31-15-9-16-32-55)61-45-51(5)63(47-49(61)3)67(57-35-19-11-20-36-57)58-37-21-12-22-38-58)54(8-2)30-28-44-66(56-33-17-10-18-34-56)62-46-52(6)64(48-50(62)4)68(59-39-23-13-24-40-59)60-41-25-14-26-42-60/h7-13,15-25,27-29,31-37,39,41-44,47-48,51-52,54,58-59H,1-2,14,26,30,38,40,45-46H2,3-6H3/b43-27+,44-28+,53-29+. The van der Waals surface area contributed by atoms with Gasteiger partial charge in [-0.3, -0.25) is 0 Å². The zero-order chi connectivity index (χ0) is 47.2. The van der Waals surface area contributed by atoms with Crippen LogP contribution in [0.4, 0.5) is 17.1 Å². The fourth-order valence-corrected chi connectivity index (χ4v) is 10.3. The minimum atomic E-state index is 0.0832. The molecule has 0 fully saturated rings. The lowest BCUT2D eigenvalue weighted by atomic mass is 9.88. The van der Waals surface area contributed by atoms with Crippen molar-refractivity contribution >= 4 is 17.1 Å². The third-order valence-corrected chi connectivity index (χ3v) is 13.8. The van der Waals surface area contributed by atoms with Crippen molar-refractivity contribution in [3.05, 3.63) is 271 Å². The first kappa shape index (κ1) is 47.5.